The van der Waals surface area contributed by atoms with Crippen molar-refractivity contribution >= 4 is 38.8 Å². The second kappa shape index (κ2) is 6.65. The Kier molecular flexibility index (Phi) is 3.98. The van der Waals surface area contributed by atoms with Gasteiger partial charge in [-0.05, 0) is 55.0 Å². The van der Waals surface area contributed by atoms with Gasteiger partial charge in [0, 0.05) is 6.54 Å². The van der Waals surface area contributed by atoms with E-state index in [-0.39, 0.29) is 0 Å². The normalized spacial score (nSPS) is 14.5. The molecule has 0 saturated heterocycles. The Labute approximate surface area is 163 Å². The molecule has 0 unspecified atom stereocenters. The van der Waals surface area contributed by atoms with E-state index in [2.05, 4.69) is 30.3 Å². The minimum absolute atomic E-state index is 0.426. The first-order chi connectivity index (χ1) is 13.7. The number of hydrogen-bond acceptors (Lipinski definition) is 4. The number of nitriles is 1. The van der Waals surface area contributed by atoms with Crippen LogP contribution >= 0.6 is 0 Å². The molecular formula is C23H21N5. The van der Waals surface area contributed by atoms with Crippen LogP contribution in [0.4, 0.5) is 5.82 Å². The zero-order valence-corrected chi connectivity index (χ0v) is 15.7. The number of aromatic nitrogens is 3. The number of aryl methyl sites for hydroxylation is 1. The fourth-order valence-electron chi connectivity index (χ4n) is 4.18. The Hall–Kier alpha value is -3.39. The Morgan fingerprint density at radius 1 is 1.07 bits per heavy atom. The molecule has 0 saturated carbocycles. The van der Waals surface area contributed by atoms with Gasteiger partial charge >= 0.3 is 0 Å². The van der Waals surface area contributed by atoms with E-state index in [0.29, 0.717) is 22.5 Å². The van der Waals surface area contributed by atoms with Crippen LogP contribution in [0.2, 0.25) is 0 Å². The van der Waals surface area contributed by atoms with Crippen LogP contribution in [0.1, 0.15) is 37.7 Å². The number of nitrogens with zero attached hydrogens (tertiary/aromatic N) is 4. The predicted molar refractivity (Wildman–Crippen MR) is 113 cm³/mol. The fourth-order valence-corrected chi connectivity index (χ4v) is 4.18. The van der Waals surface area contributed by atoms with Gasteiger partial charge in [0.2, 0.25) is 0 Å². The maximum atomic E-state index is 9.67. The molecule has 0 bridgehead atoms. The molecule has 5 nitrogen and oxygen atoms in total. The molecule has 2 aromatic heterocycles. The molecule has 0 amide bonds. The van der Waals surface area contributed by atoms with E-state index >= 15 is 0 Å². The molecule has 2 aromatic carbocycles. The van der Waals surface area contributed by atoms with Crippen molar-refractivity contribution in [3.8, 4) is 6.07 Å². The molecule has 1 aliphatic rings. The zero-order valence-electron chi connectivity index (χ0n) is 15.7. The van der Waals surface area contributed by atoms with E-state index < -0.39 is 0 Å². The fraction of sp³-hybridized carbons (Fsp3) is 0.261. The van der Waals surface area contributed by atoms with E-state index in [1.807, 2.05) is 22.8 Å². The van der Waals surface area contributed by atoms with E-state index in [0.717, 1.165) is 47.6 Å². The highest BCUT2D eigenvalue weighted by Gasteiger charge is 2.19. The lowest BCUT2D eigenvalue weighted by molar-refractivity contribution is 0.636. The molecule has 2 N–H and O–H groups in total. The van der Waals surface area contributed by atoms with Crippen molar-refractivity contribution in [2.45, 2.75) is 38.6 Å². The quantitative estimate of drug-likeness (QED) is 0.404. The molecule has 28 heavy (non-hydrogen) atoms. The van der Waals surface area contributed by atoms with Crippen LogP contribution < -0.4 is 5.73 Å². The van der Waals surface area contributed by atoms with Crippen LogP contribution in [0.15, 0.2) is 48.0 Å². The largest absolute Gasteiger partial charge is 0.384 e. The molecule has 0 fully saturated rings. The van der Waals surface area contributed by atoms with Gasteiger partial charge in [-0.3, -0.25) is 0 Å². The Bertz CT molecular complexity index is 1290. The van der Waals surface area contributed by atoms with Crippen molar-refractivity contribution in [2.24, 2.45) is 0 Å². The summed E-state index contributed by atoms with van der Waals surface area (Å²) in [6.45, 7) is 0.726. The summed E-state index contributed by atoms with van der Waals surface area (Å²) in [5, 5.41) is 11.9. The summed E-state index contributed by atoms with van der Waals surface area (Å²) in [6.07, 6.45) is 8.15. The molecule has 0 spiro atoms. The number of anilines is 1. The first kappa shape index (κ1) is 16.8. The van der Waals surface area contributed by atoms with E-state index in [9.17, 15) is 5.26 Å². The van der Waals surface area contributed by atoms with Gasteiger partial charge in [0.05, 0.1) is 11.0 Å². The maximum absolute atomic E-state index is 9.67. The summed E-state index contributed by atoms with van der Waals surface area (Å²) < 4.78 is 1.96. The number of fused-ring (bicyclic) bond motifs is 3. The Balaban J connectivity index is 1.67. The number of nitrogen functional groups attached to an aromatic ring is 1. The highest BCUT2D eigenvalue weighted by atomic mass is 15.1. The van der Waals surface area contributed by atoms with E-state index in [1.165, 1.54) is 18.4 Å². The molecular weight excluding hydrogens is 346 g/mol. The summed E-state index contributed by atoms with van der Waals surface area (Å²) in [6, 6.07) is 14.5. The highest BCUT2D eigenvalue weighted by Crippen LogP contribution is 2.30. The van der Waals surface area contributed by atoms with Crippen molar-refractivity contribution in [3.63, 3.8) is 0 Å². The van der Waals surface area contributed by atoms with Gasteiger partial charge in [0.15, 0.2) is 5.65 Å². The number of nitrogens with two attached hydrogens (primary N) is 1. The van der Waals surface area contributed by atoms with Crippen LogP contribution in [0, 0.1) is 11.3 Å². The molecule has 2 heterocycles. The van der Waals surface area contributed by atoms with Crippen molar-refractivity contribution in [3.05, 3.63) is 53.6 Å². The monoisotopic (exact) mass is 367 g/mol. The lowest BCUT2D eigenvalue weighted by Gasteiger charge is -2.14. The van der Waals surface area contributed by atoms with Crippen molar-refractivity contribution in [1.29, 1.82) is 5.26 Å². The van der Waals surface area contributed by atoms with E-state index in [4.69, 9.17) is 15.7 Å². The first-order valence-corrected chi connectivity index (χ1v) is 9.81. The van der Waals surface area contributed by atoms with E-state index in [1.54, 1.807) is 0 Å². The zero-order chi connectivity index (χ0) is 19.1. The molecule has 1 aliphatic carbocycles. The number of allylic oxidation sites excluding steroid dienone is 2. The molecule has 4 aromatic rings. The summed E-state index contributed by atoms with van der Waals surface area (Å²) >= 11 is 0. The summed E-state index contributed by atoms with van der Waals surface area (Å²) in [7, 11) is 0. The molecule has 0 radical (unpaired) electrons. The highest BCUT2D eigenvalue weighted by molar-refractivity contribution is 5.99. The Morgan fingerprint density at radius 2 is 1.82 bits per heavy atom. The van der Waals surface area contributed by atoms with Crippen LogP contribution in [0.5, 0.6) is 0 Å². The van der Waals surface area contributed by atoms with Crippen molar-refractivity contribution < 1.29 is 0 Å². The Morgan fingerprint density at radius 3 is 2.50 bits per heavy atom. The second-order valence-corrected chi connectivity index (χ2v) is 7.47. The van der Waals surface area contributed by atoms with Crippen molar-refractivity contribution in [1.82, 2.24) is 14.5 Å². The predicted octanol–water partition coefficient (Wildman–Crippen LogP) is 5.08. The third kappa shape index (κ3) is 2.69. The second-order valence-electron chi connectivity index (χ2n) is 7.47. The molecule has 5 rings (SSSR count). The molecule has 138 valence electrons. The third-order valence-electron chi connectivity index (χ3n) is 5.71. The summed E-state index contributed by atoms with van der Waals surface area (Å²) in [4.78, 5) is 9.65. The summed E-state index contributed by atoms with van der Waals surface area (Å²) in [5.41, 5.74) is 11.2. The lowest BCUT2D eigenvalue weighted by atomic mass is 9.97. The van der Waals surface area contributed by atoms with Gasteiger partial charge in [-0.25, -0.2) is 9.97 Å². The SMILES string of the molecule is N#Cc1c(N)n(CCC2=CCCCC2)c2nc3cc4ccccc4cc3nc12. The van der Waals surface area contributed by atoms with Crippen molar-refractivity contribution in [2.75, 3.05) is 5.73 Å². The minimum atomic E-state index is 0.426. The number of rotatable bonds is 3. The average molecular weight is 367 g/mol. The van der Waals surface area contributed by atoms with Crippen LogP contribution in [0.3, 0.4) is 0 Å². The maximum Gasteiger partial charge on any atom is 0.162 e. The van der Waals surface area contributed by atoms with Gasteiger partial charge in [-0.15, -0.1) is 0 Å². The molecule has 0 aliphatic heterocycles. The molecule has 5 heteroatoms. The van der Waals surface area contributed by atoms with Gasteiger partial charge < -0.3 is 10.3 Å². The minimum Gasteiger partial charge on any atom is -0.384 e. The third-order valence-corrected chi connectivity index (χ3v) is 5.71. The topological polar surface area (TPSA) is 80.5 Å². The molecule has 0 atom stereocenters. The first-order valence-electron chi connectivity index (χ1n) is 9.81. The van der Waals surface area contributed by atoms with Crippen LogP contribution in [-0.4, -0.2) is 14.5 Å². The van der Waals surface area contributed by atoms with Gasteiger partial charge in [0.25, 0.3) is 0 Å². The number of hydrogen-bond donors (Lipinski definition) is 1. The average Bonchev–Trinajstić information content (AvgIpc) is 2.99. The van der Waals surface area contributed by atoms with Gasteiger partial charge in [-0.2, -0.15) is 5.26 Å². The smallest absolute Gasteiger partial charge is 0.162 e. The lowest BCUT2D eigenvalue weighted by Crippen LogP contribution is -2.06. The van der Waals surface area contributed by atoms with Gasteiger partial charge in [0.1, 0.15) is 23.0 Å². The number of benzene rings is 2. The summed E-state index contributed by atoms with van der Waals surface area (Å²) in [5.74, 6) is 0.466. The van der Waals surface area contributed by atoms with Crippen LogP contribution in [-0.2, 0) is 6.54 Å². The van der Waals surface area contributed by atoms with Crippen LogP contribution in [0.25, 0.3) is 33.0 Å². The standard InChI is InChI=1S/C23H21N5/c24-14-18-21-23(28(22(18)25)11-10-15-6-2-1-3-7-15)27-20-13-17-9-5-4-8-16(17)12-19(20)26-21/h4-6,8-9,12-13H,1-3,7,10-11,25H2. The van der Waals surface area contributed by atoms with Gasteiger partial charge in [-0.1, -0.05) is 35.9 Å².